The van der Waals surface area contributed by atoms with Crippen LogP contribution in [0.3, 0.4) is 0 Å². The van der Waals surface area contributed by atoms with Gasteiger partial charge in [0.05, 0.1) is 12.0 Å². The molecule has 114 valence electrons. The van der Waals surface area contributed by atoms with Crippen molar-refractivity contribution in [3.8, 4) is 0 Å². The second-order valence-corrected chi connectivity index (χ2v) is 6.61. The minimum absolute atomic E-state index is 0.109. The molecule has 20 heavy (non-hydrogen) atoms. The fourth-order valence-electron chi connectivity index (χ4n) is 2.52. The number of carbonyl (C=O) groups is 2. The van der Waals surface area contributed by atoms with Gasteiger partial charge in [0.2, 0.25) is 5.91 Å². The lowest BCUT2D eigenvalue weighted by atomic mass is 9.97. The molecule has 2 aliphatic rings. The molecule has 2 heterocycles. The lowest BCUT2D eigenvalue weighted by Gasteiger charge is -2.39. The van der Waals surface area contributed by atoms with Crippen LogP contribution in [0.15, 0.2) is 0 Å². The monoisotopic (exact) mass is 283 g/mol. The zero-order valence-electron chi connectivity index (χ0n) is 12.6. The largest absolute Gasteiger partial charge is 0.367 e. The van der Waals surface area contributed by atoms with Crippen molar-refractivity contribution in [1.29, 1.82) is 0 Å². The first-order valence-corrected chi connectivity index (χ1v) is 7.34. The van der Waals surface area contributed by atoms with Crippen molar-refractivity contribution < 1.29 is 14.4 Å². The van der Waals surface area contributed by atoms with Crippen molar-refractivity contribution in [2.24, 2.45) is 5.41 Å². The number of hydrogen-bond donors (Lipinski definition) is 1. The summed E-state index contributed by atoms with van der Waals surface area (Å²) in [5, 5.41) is 4.60. The van der Waals surface area contributed by atoms with E-state index < -0.39 is 5.41 Å². The normalized spacial score (nSPS) is 23.4. The second kappa shape index (κ2) is 6.10. The zero-order valence-corrected chi connectivity index (χ0v) is 12.6. The molecule has 0 unspecified atom stereocenters. The summed E-state index contributed by atoms with van der Waals surface area (Å²) in [7, 11) is 0. The first-order chi connectivity index (χ1) is 9.36. The molecule has 0 radical (unpaired) electrons. The van der Waals surface area contributed by atoms with E-state index in [1.807, 2.05) is 20.8 Å². The summed E-state index contributed by atoms with van der Waals surface area (Å²) in [6, 6.07) is 0.422. The molecule has 6 heteroatoms. The van der Waals surface area contributed by atoms with Crippen LogP contribution in [0, 0.1) is 5.41 Å². The number of rotatable bonds is 2. The summed E-state index contributed by atoms with van der Waals surface area (Å²) in [6.07, 6.45) is 1.87. The number of hydroxylamine groups is 2. The van der Waals surface area contributed by atoms with Crippen molar-refractivity contribution in [3.05, 3.63) is 0 Å². The molecule has 6 nitrogen and oxygen atoms in total. The number of carbonyl (C=O) groups excluding carboxylic acids is 2. The fourth-order valence-corrected chi connectivity index (χ4v) is 2.52. The number of nitrogens with one attached hydrogen (secondary N) is 1. The molecule has 0 spiro atoms. The van der Waals surface area contributed by atoms with Crippen molar-refractivity contribution in [1.82, 2.24) is 15.3 Å². The van der Waals surface area contributed by atoms with Gasteiger partial charge in [-0.15, -0.1) is 5.06 Å². The van der Waals surface area contributed by atoms with Crippen LogP contribution in [0.25, 0.3) is 0 Å². The Morgan fingerprint density at radius 3 is 2.45 bits per heavy atom. The van der Waals surface area contributed by atoms with Gasteiger partial charge in [0.15, 0.2) is 0 Å². The molecular weight excluding hydrogens is 258 g/mol. The predicted octanol–water partition coefficient (Wildman–Crippen LogP) is 0.387. The summed E-state index contributed by atoms with van der Waals surface area (Å²) >= 11 is 0. The van der Waals surface area contributed by atoms with Gasteiger partial charge in [-0.3, -0.25) is 9.69 Å². The van der Waals surface area contributed by atoms with Crippen LogP contribution in [0.5, 0.6) is 0 Å². The Hall–Kier alpha value is -1.14. The predicted molar refractivity (Wildman–Crippen MR) is 74.7 cm³/mol. The van der Waals surface area contributed by atoms with E-state index in [2.05, 4.69) is 10.2 Å². The van der Waals surface area contributed by atoms with Crippen LogP contribution < -0.4 is 5.32 Å². The highest BCUT2D eigenvalue weighted by molar-refractivity contribution is 5.78. The maximum absolute atomic E-state index is 11.8. The van der Waals surface area contributed by atoms with Gasteiger partial charge < -0.3 is 10.2 Å². The Balaban J connectivity index is 1.77. The molecule has 2 rings (SSSR count). The van der Waals surface area contributed by atoms with Crippen LogP contribution in [0.2, 0.25) is 0 Å². The molecule has 2 saturated heterocycles. The molecule has 0 aromatic carbocycles. The molecule has 0 atom stereocenters. The second-order valence-electron chi connectivity index (χ2n) is 6.61. The Morgan fingerprint density at radius 2 is 1.90 bits per heavy atom. The highest BCUT2D eigenvalue weighted by Gasteiger charge is 2.31. The van der Waals surface area contributed by atoms with Crippen molar-refractivity contribution in [2.45, 2.75) is 39.7 Å². The Bertz CT molecular complexity index is 370. The molecule has 0 aromatic rings. The number of nitrogens with zero attached hydrogens (tertiary/aromatic N) is 2. The molecule has 1 N–H and O–H groups in total. The third kappa shape index (κ3) is 3.93. The van der Waals surface area contributed by atoms with Crippen LogP contribution in [0.4, 0.5) is 0 Å². The van der Waals surface area contributed by atoms with E-state index in [1.54, 1.807) is 5.06 Å². The molecule has 2 fully saturated rings. The lowest BCUT2D eigenvalue weighted by Crippen LogP contribution is -2.54. The summed E-state index contributed by atoms with van der Waals surface area (Å²) in [6.45, 7) is 9.19. The minimum Gasteiger partial charge on any atom is -0.367 e. The van der Waals surface area contributed by atoms with Gasteiger partial charge >= 0.3 is 5.97 Å². The van der Waals surface area contributed by atoms with Gasteiger partial charge in [-0.2, -0.15) is 0 Å². The maximum atomic E-state index is 11.8. The highest BCUT2D eigenvalue weighted by atomic mass is 16.7. The molecule has 0 aromatic heterocycles. The van der Waals surface area contributed by atoms with E-state index in [-0.39, 0.29) is 11.9 Å². The first kappa shape index (κ1) is 15.3. The average Bonchev–Trinajstić information content (AvgIpc) is 2.38. The SMILES string of the molecule is CC(C)(C)C(=O)ON1CCC(N2CCNC(=O)C2)CC1. The van der Waals surface area contributed by atoms with Crippen molar-refractivity contribution in [3.63, 3.8) is 0 Å². The van der Waals surface area contributed by atoms with E-state index in [1.165, 1.54) is 0 Å². The van der Waals surface area contributed by atoms with Gasteiger partial charge in [-0.1, -0.05) is 0 Å². The molecule has 1 amide bonds. The minimum atomic E-state index is -0.470. The smallest absolute Gasteiger partial charge is 0.330 e. The van der Waals surface area contributed by atoms with Crippen LogP contribution in [-0.2, 0) is 14.4 Å². The van der Waals surface area contributed by atoms with E-state index in [0.717, 1.165) is 39.0 Å². The highest BCUT2D eigenvalue weighted by Crippen LogP contribution is 2.21. The number of piperidine rings is 1. The van der Waals surface area contributed by atoms with Crippen molar-refractivity contribution >= 4 is 11.9 Å². The summed E-state index contributed by atoms with van der Waals surface area (Å²) in [4.78, 5) is 30.9. The third-order valence-electron chi connectivity index (χ3n) is 3.83. The number of hydrogen-bond acceptors (Lipinski definition) is 5. The van der Waals surface area contributed by atoms with Crippen LogP contribution >= 0.6 is 0 Å². The average molecular weight is 283 g/mol. The maximum Gasteiger partial charge on any atom is 0.330 e. The molecule has 0 saturated carbocycles. The van der Waals surface area contributed by atoms with Crippen LogP contribution in [-0.4, -0.2) is 60.6 Å². The Kier molecular flexibility index (Phi) is 4.65. The molecular formula is C14H25N3O3. The van der Waals surface area contributed by atoms with Gasteiger partial charge in [-0.25, -0.2) is 4.79 Å². The Labute approximate surface area is 120 Å². The summed E-state index contributed by atoms with van der Waals surface area (Å²) in [5.74, 6) is -0.0776. The van der Waals surface area contributed by atoms with Gasteiger partial charge in [0.1, 0.15) is 0 Å². The lowest BCUT2D eigenvalue weighted by molar-refractivity contribution is -0.206. The first-order valence-electron chi connectivity index (χ1n) is 7.34. The number of amides is 1. The topological polar surface area (TPSA) is 61.9 Å². The zero-order chi connectivity index (χ0) is 14.8. The van der Waals surface area contributed by atoms with E-state index >= 15 is 0 Å². The Morgan fingerprint density at radius 1 is 1.25 bits per heavy atom. The summed E-state index contributed by atoms with van der Waals surface area (Å²) < 4.78 is 0. The third-order valence-corrected chi connectivity index (χ3v) is 3.83. The van der Waals surface area contributed by atoms with Crippen molar-refractivity contribution in [2.75, 3.05) is 32.7 Å². The van der Waals surface area contributed by atoms with Crippen LogP contribution in [0.1, 0.15) is 33.6 Å². The molecule has 0 bridgehead atoms. The van der Waals surface area contributed by atoms with Gasteiger partial charge in [-0.05, 0) is 33.6 Å². The molecule has 0 aliphatic carbocycles. The quantitative estimate of drug-likeness (QED) is 0.794. The summed E-state index contributed by atoms with van der Waals surface area (Å²) in [5.41, 5.74) is -0.470. The number of piperazine rings is 1. The van der Waals surface area contributed by atoms with Gasteiger partial charge in [0.25, 0.3) is 0 Å². The fraction of sp³-hybridized carbons (Fsp3) is 0.857. The standard InChI is InChI=1S/C14H25N3O3/c1-14(2,3)13(19)20-17-7-4-11(5-8-17)16-9-6-15-12(18)10-16/h11H,4-10H2,1-3H3,(H,15,18). The molecule has 2 aliphatic heterocycles. The van der Waals surface area contributed by atoms with E-state index in [0.29, 0.717) is 12.6 Å². The van der Waals surface area contributed by atoms with Gasteiger partial charge in [0, 0.05) is 32.2 Å². The van der Waals surface area contributed by atoms with E-state index in [4.69, 9.17) is 4.84 Å². The van der Waals surface area contributed by atoms with E-state index in [9.17, 15) is 9.59 Å².